The van der Waals surface area contributed by atoms with Gasteiger partial charge >= 0.3 is 0 Å². The highest BCUT2D eigenvalue weighted by Gasteiger charge is 2.16. The second-order valence-corrected chi connectivity index (χ2v) is 6.45. The van der Waals surface area contributed by atoms with Crippen LogP contribution in [0.3, 0.4) is 0 Å². The molecule has 0 bridgehead atoms. The molecule has 0 amide bonds. The first kappa shape index (κ1) is 18.7. The summed E-state index contributed by atoms with van der Waals surface area (Å²) in [6, 6.07) is 9.86. The molecule has 1 aliphatic heterocycles. The van der Waals surface area contributed by atoms with Gasteiger partial charge in [-0.15, -0.1) is 0 Å². The fourth-order valence-electron chi connectivity index (χ4n) is 2.77. The van der Waals surface area contributed by atoms with E-state index in [1.54, 1.807) is 7.11 Å². The highest BCUT2D eigenvalue weighted by atomic mass is 35.5. The summed E-state index contributed by atoms with van der Waals surface area (Å²) in [5.41, 5.74) is 2.17. The fraction of sp³-hybridized carbons (Fsp3) is 0.400. The Kier molecular flexibility index (Phi) is 6.47. The van der Waals surface area contributed by atoms with Crippen molar-refractivity contribution in [3.05, 3.63) is 46.5 Å². The number of hydrogen-bond donors (Lipinski definition) is 1. The van der Waals surface area contributed by atoms with Crippen LogP contribution in [0.1, 0.15) is 24.5 Å². The minimum absolute atomic E-state index is 0.532. The van der Waals surface area contributed by atoms with E-state index in [1.165, 1.54) is 0 Å². The van der Waals surface area contributed by atoms with Crippen molar-refractivity contribution in [3.63, 3.8) is 0 Å². The van der Waals surface area contributed by atoms with Gasteiger partial charge in [0.05, 0.1) is 18.7 Å². The molecule has 0 saturated heterocycles. The predicted molar refractivity (Wildman–Crippen MR) is 102 cm³/mol. The van der Waals surface area contributed by atoms with Gasteiger partial charge in [0.2, 0.25) is 0 Å². The second-order valence-electron chi connectivity index (χ2n) is 6.04. The first-order valence-corrected chi connectivity index (χ1v) is 9.17. The number of benzene rings is 2. The van der Waals surface area contributed by atoms with Crippen molar-refractivity contribution in [1.82, 2.24) is 5.32 Å². The van der Waals surface area contributed by atoms with Crippen LogP contribution in [-0.2, 0) is 13.1 Å². The summed E-state index contributed by atoms with van der Waals surface area (Å²) in [5.74, 6) is 2.87. The lowest BCUT2D eigenvalue weighted by molar-refractivity contribution is 0.171. The molecule has 0 saturated carbocycles. The molecule has 2 aromatic rings. The number of hydrogen-bond acceptors (Lipinski definition) is 5. The van der Waals surface area contributed by atoms with Crippen LogP contribution in [0.15, 0.2) is 30.3 Å². The van der Waals surface area contributed by atoms with Crippen LogP contribution in [0.5, 0.6) is 23.0 Å². The van der Waals surface area contributed by atoms with Gasteiger partial charge in [0, 0.05) is 13.1 Å². The van der Waals surface area contributed by atoms with Gasteiger partial charge < -0.3 is 24.3 Å². The van der Waals surface area contributed by atoms with Gasteiger partial charge in [0.1, 0.15) is 13.2 Å². The van der Waals surface area contributed by atoms with Crippen LogP contribution in [0, 0.1) is 0 Å². The molecule has 3 rings (SSSR count). The number of fused-ring (bicyclic) bond motifs is 1. The zero-order valence-corrected chi connectivity index (χ0v) is 15.9. The van der Waals surface area contributed by atoms with E-state index < -0.39 is 0 Å². The van der Waals surface area contributed by atoms with Gasteiger partial charge in [-0.05, 0) is 41.8 Å². The van der Waals surface area contributed by atoms with E-state index in [1.807, 2.05) is 30.3 Å². The molecular formula is C20H24ClNO4. The highest BCUT2D eigenvalue weighted by Crippen LogP contribution is 2.38. The third-order valence-corrected chi connectivity index (χ3v) is 4.29. The van der Waals surface area contributed by atoms with E-state index in [-0.39, 0.29) is 0 Å². The molecule has 0 aromatic heterocycles. The Morgan fingerprint density at radius 1 is 1.04 bits per heavy atom. The fourth-order valence-corrected chi connectivity index (χ4v) is 3.06. The van der Waals surface area contributed by atoms with Crippen molar-refractivity contribution >= 4 is 11.6 Å². The van der Waals surface area contributed by atoms with Crippen LogP contribution >= 0.6 is 11.6 Å². The van der Waals surface area contributed by atoms with Crippen LogP contribution in [0.4, 0.5) is 0 Å². The Morgan fingerprint density at radius 2 is 1.85 bits per heavy atom. The third kappa shape index (κ3) is 4.54. The summed E-state index contributed by atoms with van der Waals surface area (Å²) >= 11 is 6.28. The van der Waals surface area contributed by atoms with E-state index in [9.17, 15) is 0 Å². The summed E-state index contributed by atoms with van der Waals surface area (Å²) in [7, 11) is 1.66. The lowest BCUT2D eigenvalue weighted by atomic mass is 10.1. The summed E-state index contributed by atoms with van der Waals surface area (Å²) in [5, 5.41) is 4.00. The first-order chi connectivity index (χ1) is 12.7. The van der Waals surface area contributed by atoms with Gasteiger partial charge in [0.25, 0.3) is 0 Å². The maximum absolute atomic E-state index is 6.28. The first-order valence-electron chi connectivity index (χ1n) is 8.79. The quantitative estimate of drug-likeness (QED) is 0.747. The van der Waals surface area contributed by atoms with Crippen molar-refractivity contribution in [2.24, 2.45) is 0 Å². The Labute approximate surface area is 159 Å². The molecule has 1 aliphatic rings. The lowest BCUT2D eigenvalue weighted by Gasteiger charge is -2.20. The Morgan fingerprint density at radius 3 is 2.65 bits per heavy atom. The van der Waals surface area contributed by atoms with E-state index in [4.69, 9.17) is 30.5 Å². The molecule has 1 N–H and O–H groups in total. The molecule has 0 fully saturated rings. The van der Waals surface area contributed by atoms with Gasteiger partial charge in [-0.25, -0.2) is 0 Å². The van der Waals surface area contributed by atoms with E-state index in [2.05, 4.69) is 12.2 Å². The molecule has 1 heterocycles. The van der Waals surface area contributed by atoms with Crippen LogP contribution in [-0.4, -0.2) is 26.9 Å². The van der Waals surface area contributed by atoms with Crippen LogP contribution in [0.2, 0.25) is 5.02 Å². The summed E-state index contributed by atoms with van der Waals surface area (Å²) in [6.45, 7) is 5.22. The molecule has 2 aromatic carbocycles. The topological polar surface area (TPSA) is 49.0 Å². The molecular weight excluding hydrogens is 354 g/mol. The number of nitrogens with one attached hydrogen (secondary N) is 1. The Hall–Kier alpha value is -2.11. The maximum Gasteiger partial charge on any atom is 0.179 e. The minimum atomic E-state index is 0.532. The summed E-state index contributed by atoms with van der Waals surface area (Å²) < 4.78 is 22.3. The SMILES string of the molecule is CCCOc1ccc(CNCc2cc(Cl)c3c(c2)OCCO3)cc1OC. The molecule has 6 heteroatoms. The number of rotatable bonds is 8. The van der Waals surface area contributed by atoms with Crippen molar-refractivity contribution in [2.45, 2.75) is 26.4 Å². The molecule has 0 radical (unpaired) electrons. The normalized spacial score (nSPS) is 12.7. The molecule has 26 heavy (non-hydrogen) atoms. The third-order valence-electron chi connectivity index (χ3n) is 4.00. The smallest absolute Gasteiger partial charge is 0.179 e. The van der Waals surface area contributed by atoms with E-state index in [0.29, 0.717) is 49.4 Å². The second kappa shape index (κ2) is 9.01. The maximum atomic E-state index is 6.28. The largest absolute Gasteiger partial charge is 0.493 e. The predicted octanol–water partition coefficient (Wildman–Crippen LogP) is 4.20. The van der Waals surface area contributed by atoms with Crippen molar-refractivity contribution in [2.75, 3.05) is 26.9 Å². The van der Waals surface area contributed by atoms with Crippen molar-refractivity contribution < 1.29 is 18.9 Å². The molecule has 140 valence electrons. The average molecular weight is 378 g/mol. The molecule has 0 unspecified atom stereocenters. The zero-order chi connectivity index (χ0) is 18.4. The van der Waals surface area contributed by atoms with Crippen molar-refractivity contribution in [1.29, 1.82) is 0 Å². The highest BCUT2D eigenvalue weighted by molar-refractivity contribution is 6.32. The number of methoxy groups -OCH3 is 1. The van der Waals surface area contributed by atoms with Crippen molar-refractivity contribution in [3.8, 4) is 23.0 Å². The molecule has 0 spiro atoms. The monoisotopic (exact) mass is 377 g/mol. The Bertz CT molecular complexity index is 751. The van der Waals surface area contributed by atoms with Gasteiger partial charge in [-0.1, -0.05) is 24.6 Å². The number of halogens is 1. The van der Waals surface area contributed by atoms with Gasteiger partial charge in [-0.3, -0.25) is 0 Å². The minimum Gasteiger partial charge on any atom is -0.493 e. The molecule has 0 atom stereocenters. The van der Waals surface area contributed by atoms with Gasteiger partial charge in [0.15, 0.2) is 23.0 Å². The summed E-state index contributed by atoms with van der Waals surface area (Å²) in [4.78, 5) is 0. The van der Waals surface area contributed by atoms with Crippen LogP contribution in [0.25, 0.3) is 0 Å². The van der Waals surface area contributed by atoms with Gasteiger partial charge in [-0.2, -0.15) is 0 Å². The lowest BCUT2D eigenvalue weighted by Crippen LogP contribution is -2.17. The number of ether oxygens (including phenoxy) is 4. The molecule has 0 aliphatic carbocycles. The average Bonchev–Trinajstić information content (AvgIpc) is 2.67. The van der Waals surface area contributed by atoms with E-state index in [0.717, 1.165) is 29.0 Å². The van der Waals surface area contributed by atoms with Crippen LogP contribution < -0.4 is 24.3 Å². The van der Waals surface area contributed by atoms with E-state index >= 15 is 0 Å². The zero-order valence-electron chi connectivity index (χ0n) is 15.1. The Balaban J connectivity index is 1.60. The molecule has 5 nitrogen and oxygen atoms in total. The standard InChI is InChI=1S/C20H24ClNO4/c1-3-6-24-17-5-4-14(10-18(17)23-2)12-22-13-15-9-16(21)20-19(11-15)25-7-8-26-20/h4-5,9-11,22H,3,6-8,12-13H2,1-2H3. The summed E-state index contributed by atoms with van der Waals surface area (Å²) in [6.07, 6.45) is 0.963.